The maximum absolute atomic E-state index is 11.2. The molecule has 0 radical (unpaired) electrons. The summed E-state index contributed by atoms with van der Waals surface area (Å²) in [6.45, 7) is 8.21. The molecule has 1 aromatic heterocycles. The van der Waals surface area contributed by atoms with E-state index in [9.17, 15) is 4.79 Å². The number of hydrogen-bond donors (Lipinski definition) is 1. The number of pyridine rings is 1. The number of nitrogens with zero attached hydrogens (tertiary/aromatic N) is 2. The third-order valence-corrected chi connectivity index (χ3v) is 3.42. The van der Waals surface area contributed by atoms with Crippen LogP contribution in [0.1, 0.15) is 49.2 Å². The van der Waals surface area contributed by atoms with Crippen molar-refractivity contribution in [2.45, 2.75) is 33.1 Å². The van der Waals surface area contributed by atoms with E-state index < -0.39 is 5.97 Å². The highest BCUT2D eigenvalue weighted by Crippen LogP contribution is 2.25. The number of anilines is 1. The van der Waals surface area contributed by atoms with Gasteiger partial charge in [-0.25, -0.2) is 9.78 Å². The minimum Gasteiger partial charge on any atom is -0.478 e. The quantitative estimate of drug-likeness (QED) is 0.893. The fourth-order valence-corrected chi connectivity index (χ4v) is 2.26. The van der Waals surface area contributed by atoms with Gasteiger partial charge in [0, 0.05) is 18.8 Å². The third-order valence-electron chi connectivity index (χ3n) is 3.42. The number of aromatic nitrogens is 1. The first kappa shape index (κ1) is 12.9. The van der Waals surface area contributed by atoms with Gasteiger partial charge in [-0.05, 0) is 30.4 Å². The van der Waals surface area contributed by atoms with Gasteiger partial charge in [0.15, 0.2) is 0 Å². The van der Waals surface area contributed by atoms with Crippen LogP contribution in [0.25, 0.3) is 0 Å². The Morgan fingerprint density at radius 2 is 2.22 bits per heavy atom. The zero-order valence-electron chi connectivity index (χ0n) is 11.2. The maximum Gasteiger partial charge on any atom is 0.335 e. The van der Waals surface area contributed by atoms with E-state index in [1.807, 2.05) is 13.8 Å². The fourth-order valence-electron chi connectivity index (χ4n) is 2.26. The van der Waals surface area contributed by atoms with E-state index in [1.54, 1.807) is 12.1 Å². The van der Waals surface area contributed by atoms with E-state index in [0.717, 1.165) is 31.0 Å². The van der Waals surface area contributed by atoms with Crippen molar-refractivity contribution >= 4 is 11.8 Å². The van der Waals surface area contributed by atoms with E-state index in [0.29, 0.717) is 11.5 Å². The zero-order valence-corrected chi connectivity index (χ0v) is 11.2. The smallest absolute Gasteiger partial charge is 0.335 e. The van der Waals surface area contributed by atoms with Crippen molar-refractivity contribution < 1.29 is 9.90 Å². The Balaban J connectivity index is 2.37. The predicted octanol–water partition coefficient (Wildman–Crippen LogP) is 2.75. The molecule has 0 bridgehead atoms. The summed E-state index contributed by atoms with van der Waals surface area (Å²) in [5.74, 6) is 0.821. The molecule has 4 heteroatoms. The lowest BCUT2D eigenvalue weighted by atomic mass is 10.1. The van der Waals surface area contributed by atoms with Gasteiger partial charge < -0.3 is 10.0 Å². The molecule has 0 amide bonds. The Bertz CT molecular complexity index is 457. The molecule has 1 atom stereocenters. The monoisotopic (exact) mass is 248 g/mol. The van der Waals surface area contributed by atoms with Crippen LogP contribution in [0.3, 0.4) is 0 Å². The average molecular weight is 248 g/mol. The van der Waals surface area contributed by atoms with Crippen LogP contribution in [0.4, 0.5) is 5.82 Å². The first-order chi connectivity index (χ1) is 8.47. The molecule has 0 aromatic carbocycles. The summed E-state index contributed by atoms with van der Waals surface area (Å²) in [5, 5.41) is 9.16. The molecule has 1 aliphatic heterocycles. The fraction of sp³-hybridized carbons (Fsp3) is 0.571. The lowest BCUT2D eigenvalue weighted by Gasteiger charge is -2.19. The molecule has 0 saturated carbocycles. The second-order valence-corrected chi connectivity index (χ2v) is 5.44. The van der Waals surface area contributed by atoms with Crippen LogP contribution in [0.15, 0.2) is 12.1 Å². The van der Waals surface area contributed by atoms with Crippen LogP contribution in [0.2, 0.25) is 0 Å². The van der Waals surface area contributed by atoms with Crippen molar-refractivity contribution in [1.29, 1.82) is 0 Å². The van der Waals surface area contributed by atoms with Crippen molar-refractivity contribution in [2.24, 2.45) is 5.92 Å². The molecule has 0 spiro atoms. The standard InChI is InChI=1S/C14H20N2O2/c1-9(2)12-6-11(14(17)18)7-13(15-12)16-5-4-10(3)8-16/h6-7,9-10H,4-5,8H2,1-3H3,(H,17,18). The van der Waals surface area contributed by atoms with Gasteiger partial charge in [0.1, 0.15) is 5.82 Å². The number of carboxylic acid groups (broad SMARTS) is 1. The molecule has 1 saturated heterocycles. The van der Waals surface area contributed by atoms with Gasteiger partial charge in [0.2, 0.25) is 0 Å². The van der Waals surface area contributed by atoms with Gasteiger partial charge in [-0.3, -0.25) is 0 Å². The summed E-state index contributed by atoms with van der Waals surface area (Å²) in [5.41, 5.74) is 1.19. The Kier molecular flexibility index (Phi) is 3.55. The van der Waals surface area contributed by atoms with E-state index in [2.05, 4.69) is 16.8 Å². The van der Waals surface area contributed by atoms with E-state index >= 15 is 0 Å². The molecule has 1 aromatic rings. The van der Waals surface area contributed by atoms with Gasteiger partial charge in [-0.1, -0.05) is 20.8 Å². The van der Waals surface area contributed by atoms with E-state index in [1.165, 1.54) is 0 Å². The van der Waals surface area contributed by atoms with Crippen LogP contribution < -0.4 is 4.90 Å². The molecule has 1 fully saturated rings. The highest BCUT2D eigenvalue weighted by Gasteiger charge is 2.21. The van der Waals surface area contributed by atoms with Gasteiger partial charge in [0.05, 0.1) is 5.56 Å². The molecular weight excluding hydrogens is 228 g/mol. The largest absolute Gasteiger partial charge is 0.478 e. The van der Waals surface area contributed by atoms with Crippen LogP contribution in [-0.2, 0) is 0 Å². The second kappa shape index (κ2) is 4.96. The number of rotatable bonds is 3. The highest BCUT2D eigenvalue weighted by molar-refractivity contribution is 5.88. The first-order valence-corrected chi connectivity index (χ1v) is 6.47. The molecule has 1 unspecified atom stereocenters. The maximum atomic E-state index is 11.2. The van der Waals surface area contributed by atoms with Crippen LogP contribution in [0, 0.1) is 5.92 Å². The van der Waals surface area contributed by atoms with Crippen molar-refractivity contribution in [3.8, 4) is 0 Å². The molecule has 98 valence electrons. The van der Waals surface area contributed by atoms with Crippen LogP contribution in [0.5, 0.6) is 0 Å². The predicted molar refractivity (Wildman–Crippen MR) is 71.3 cm³/mol. The molecular formula is C14H20N2O2. The Hall–Kier alpha value is -1.58. The molecule has 4 nitrogen and oxygen atoms in total. The minimum absolute atomic E-state index is 0.239. The Morgan fingerprint density at radius 1 is 1.50 bits per heavy atom. The van der Waals surface area contributed by atoms with Crippen molar-refractivity contribution in [3.05, 3.63) is 23.4 Å². The molecule has 1 N–H and O–H groups in total. The van der Waals surface area contributed by atoms with Crippen molar-refractivity contribution in [1.82, 2.24) is 4.98 Å². The van der Waals surface area contributed by atoms with Crippen LogP contribution in [-0.4, -0.2) is 29.1 Å². The average Bonchev–Trinajstić information content (AvgIpc) is 2.75. The van der Waals surface area contributed by atoms with Crippen molar-refractivity contribution in [2.75, 3.05) is 18.0 Å². The van der Waals surface area contributed by atoms with Crippen molar-refractivity contribution in [3.63, 3.8) is 0 Å². The van der Waals surface area contributed by atoms with E-state index in [-0.39, 0.29) is 5.92 Å². The summed E-state index contributed by atoms with van der Waals surface area (Å²) in [7, 11) is 0. The number of hydrogen-bond acceptors (Lipinski definition) is 3. The number of aromatic carboxylic acids is 1. The third kappa shape index (κ3) is 2.63. The summed E-state index contributed by atoms with van der Waals surface area (Å²) in [6.07, 6.45) is 1.15. The molecule has 1 aliphatic rings. The SMILES string of the molecule is CC1CCN(c2cc(C(=O)O)cc(C(C)C)n2)C1. The van der Waals surface area contributed by atoms with E-state index in [4.69, 9.17) is 5.11 Å². The molecule has 2 rings (SSSR count). The highest BCUT2D eigenvalue weighted by atomic mass is 16.4. The second-order valence-electron chi connectivity index (χ2n) is 5.44. The van der Waals surface area contributed by atoms with Gasteiger partial charge in [0.25, 0.3) is 0 Å². The van der Waals surface area contributed by atoms with Gasteiger partial charge in [-0.2, -0.15) is 0 Å². The lowest BCUT2D eigenvalue weighted by Crippen LogP contribution is -2.21. The molecule has 2 heterocycles. The normalized spacial score (nSPS) is 19.6. The Labute approximate surface area is 108 Å². The Morgan fingerprint density at radius 3 is 2.72 bits per heavy atom. The first-order valence-electron chi connectivity index (χ1n) is 6.47. The van der Waals surface area contributed by atoms with Gasteiger partial charge >= 0.3 is 5.97 Å². The zero-order chi connectivity index (χ0) is 13.3. The molecule has 0 aliphatic carbocycles. The lowest BCUT2D eigenvalue weighted by molar-refractivity contribution is 0.0696. The molecule has 18 heavy (non-hydrogen) atoms. The van der Waals surface area contributed by atoms with Crippen LogP contribution >= 0.6 is 0 Å². The number of carboxylic acids is 1. The minimum atomic E-state index is -0.882. The summed E-state index contributed by atoms with van der Waals surface area (Å²) < 4.78 is 0. The topological polar surface area (TPSA) is 53.4 Å². The number of carbonyl (C=O) groups is 1. The summed E-state index contributed by atoms with van der Waals surface area (Å²) >= 11 is 0. The summed E-state index contributed by atoms with van der Waals surface area (Å²) in [4.78, 5) is 17.9. The van der Waals surface area contributed by atoms with Gasteiger partial charge in [-0.15, -0.1) is 0 Å². The summed E-state index contributed by atoms with van der Waals surface area (Å²) in [6, 6.07) is 3.36.